The molecule has 2 aromatic rings. The molecule has 1 aromatic heterocycles. The Balaban J connectivity index is 0.00000112. The number of rotatable bonds is 1. The maximum absolute atomic E-state index is 6.02. The maximum Gasteiger partial charge on any atom is 0.101 e. The zero-order valence-corrected chi connectivity index (χ0v) is 11.3. The molecule has 2 nitrogen and oxygen atoms in total. The van der Waals surface area contributed by atoms with E-state index in [-0.39, 0.29) is 24.8 Å². The van der Waals surface area contributed by atoms with Crippen LogP contribution in [-0.4, -0.2) is 0 Å². The number of nitrogen functional groups attached to an aromatic ring is 2. The van der Waals surface area contributed by atoms with Gasteiger partial charge in [-0.2, -0.15) is 0 Å². The van der Waals surface area contributed by atoms with E-state index in [4.69, 9.17) is 23.1 Å². The summed E-state index contributed by atoms with van der Waals surface area (Å²) in [5, 5.41) is 1.93. The lowest BCUT2D eigenvalue weighted by Crippen LogP contribution is -1.92. The van der Waals surface area contributed by atoms with Crippen molar-refractivity contribution in [3.05, 3.63) is 34.0 Å². The van der Waals surface area contributed by atoms with Gasteiger partial charge in [0, 0.05) is 22.5 Å². The van der Waals surface area contributed by atoms with Crippen molar-refractivity contribution in [3.63, 3.8) is 0 Å². The van der Waals surface area contributed by atoms with Gasteiger partial charge in [-0.1, -0.05) is 11.6 Å². The minimum atomic E-state index is 0. The number of hydrogen-bond acceptors (Lipinski definition) is 3. The molecule has 1 aromatic carbocycles. The van der Waals surface area contributed by atoms with Gasteiger partial charge in [0.2, 0.25) is 0 Å². The first-order valence-electron chi connectivity index (χ1n) is 4.07. The van der Waals surface area contributed by atoms with E-state index in [1.165, 1.54) is 11.3 Å². The van der Waals surface area contributed by atoms with Crippen LogP contribution in [0.3, 0.4) is 0 Å². The van der Waals surface area contributed by atoms with Gasteiger partial charge in [-0.05, 0) is 29.6 Å². The molecule has 0 unspecified atom stereocenters. The minimum Gasteiger partial charge on any atom is -0.399 e. The molecule has 88 valence electrons. The average molecular weight is 298 g/mol. The topological polar surface area (TPSA) is 52.0 Å². The van der Waals surface area contributed by atoms with Crippen LogP contribution in [0.15, 0.2) is 29.6 Å². The fraction of sp³-hybridized carbons (Fsp3) is 0. The first-order chi connectivity index (χ1) is 6.68. The molecule has 0 spiro atoms. The molecule has 1 heterocycles. The van der Waals surface area contributed by atoms with Crippen molar-refractivity contribution in [3.8, 4) is 11.1 Å². The van der Waals surface area contributed by atoms with E-state index in [0.29, 0.717) is 11.4 Å². The highest BCUT2D eigenvalue weighted by Crippen LogP contribution is 2.36. The molecular formula is C10H11Cl3N2S. The monoisotopic (exact) mass is 296 g/mol. The predicted molar refractivity (Wildman–Crippen MR) is 78.1 cm³/mol. The second kappa shape index (κ2) is 6.21. The lowest BCUT2D eigenvalue weighted by Gasteiger charge is -2.05. The summed E-state index contributed by atoms with van der Waals surface area (Å²) >= 11 is 7.50. The van der Waals surface area contributed by atoms with Gasteiger partial charge in [-0.3, -0.25) is 0 Å². The summed E-state index contributed by atoms with van der Waals surface area (Å²) in [6.07, 6.45) is 0. The predicted octanol–water partition coefficient (Wildman–Crippen LogP) is 4.08. The van der Waals surface area contributed by atoms with Crippen molar-refractivity contribution in [2.24, 2.45) is 0 Å². The Kier molecular flexibility index (Phi) is 5.97. The van der Waals surface area contributed by atoms with Gasteiger partial charge in [-0.25, -0.2) is 0 Å². The van der Waals surface area contributed by atoms with E-state index in [2.05, 4.69) is 0 Å². The van der Waals surface area contributed by atoms with E-state index in [1.54, 1.807) is 12.1 Å². The van der Waals surface area contributed by atoms with Crippen LogP contribution in [0.5, 0.6) is 0 Å². The van der Waals surface area contributed by atoms with Gasteiger partial charge < -0.3 is 11.5 Å². The van der Waals surface area contributed by atoms with Gasteiger partial charge in [0.15, 0.2) is 0 Å². The molecule has 4 N–H and O–H groups in total. The lowest BCUT2D eigenvalue weighted by molar-refractivity contribution is 1.64. The molecule has 0 aliphatic heterocycles. The Morgan fingerprint density at radius 3 is 2.25 bits per heavy atom. The molecule has 2 rings (SSSR count). The van der Waals surface area contributed by atoms with E-state index < -0.39 is 0 Å². The standard InChI is InChI=1S/C10H9ClN2S.2ClH/c11-10-7(3-4-14-10)8-5-6(12)1-2-9(8)13;;/h1-5H,12-13H2;2*1H. The van der Waals surface area contributed by atoms with E-state index in [9.17, 15) is 0 Å². The molecule has 0 fully saturated rings. The van der Waals surface area contributed by atoms with Crippen LogP contribution in [0.4, 0.5) is 11.4 Å². The van der Waals surface area contributed by atoms with Gasteiger partial charge in [0.1, 0.15) is 4.34 Å². The molecule has 0 aliphatic rings. The van der Waals surface area contributed by atoms with Gasteiger partial charge >= 0.3 is 0 Å². The second-order valence-corrected chi connectivity index (χ2v) is 4.47. The summed E-state index contributed by atoms with van der Waals surface area (Å²) in [6, 6.07) is 7.35. The second-order valence-electron chi connectivity index (χ2n) is 2.95. The highest BCUT2D eigenvalue weighted by atomic mass is 35.5. The average Bonchev–Trinajstić information content (AvgIpc) is 2.56. The largest absolute Gasteiger partial charge is 0.399 e. The van der Waals surface area contributed by atoms with E-state index in [1.807, 2.05) is 17.5 Å². The molecular weight excluding hydrogens is 287 g/mol. The first-order valence-corrected chi connectivity index (χ1v) is 5.32. The fourth-order valence-corrected chi connectivity index (χ4v) is 2.24. The van der Waals surface area contributed by atoms with Gasteiger partial charge in [0.25, 0.3) is 0 Å². The molecule has 0 saturated carbocycles. The van der Waals surface area contributed by atoms with Gasteiger partial charge in [0.05, 0.1) is 0 Å². The normalized spacial score (nSPS) is 9.06. The number of halogens is 3. The number of anilines is 2. The SMILES string of the molecule is Cl.Cl.Nc1ccc(N)c(-c2ccsc2Cl)c1. The zero-order chi connectivity index (χ0) is 10.1. The van der Waals surface area contributed by atoms with Crippen molar-refractivity contribution < 1.29 is 0 Å². The van der Waals surface area contributed by atoms with Crippen LogP contribution in [0, 0.1) is 0 Å². The Morgan fingerprint density at radius 1 is 1.00 bits per heavy atom. The van der Waals surface area contributed by atoms with Crippen LogP contribution in [-0.2, 0) is 0 Å². The Labute approximate surface area is 115 Å². The van der Waals surface area contributed by atoms with Crippen molar-refractivity contribution in [1.82, 2.24) is 0 Å². The number of nitrogens with two attached hydrogens (primary N) is 2. The van der Waals surface area contributed by atoms with Gasteiger partial charge in [-0.15, -0.1) is 36.2 Å². The first kappa shape index (κ1) is 15.4. The molecule has 0 saturated heterocycles. The Bertz CT molecular complexity index is 471. The quantitative estimate of drug-likeness (QED) is 0.779. The van der Waals surface area contributed by atoms with Crippen molar-refractivity contribution in [2.75, 3.05) is 11.5 Å². The molecule has 6 heteroatoms. The zero-order valence-electron chi connectivity index (χ0n) is 8.14. The summed E-state index contributed by atoms with van der Waals surface area (Å²) < 4.78 is 0.738. The summed E-state index contributed by atoms with van der Waals surface area (Å²) in [7, 11) is 0. The molecule has 0 atom stereocenters. The molecule has 16 heavy (non-hydrogen) atoms. The molecule has 0 aliphatic carbocycles. The minimum absolute atomic E-state index is 0. The Hall–Kier alpha value is -0.610. The van der Waals surface area contributed by atoms with E-state index in [0.717, 1.165) is 15.5 Å². The van der Waals surface area contributed by atoms with Crippen LogP contribution >= 0.6 is 47.8 Å². The number of thiophene rings is 1. The van der Waals surface area contributed by atoms with Crippen molar-refractivity contribution in [1.29, 1.82) is 0 Å². The summed E-state index contributed by atoms with van der Waals surface area (Å²) in [4.78, 5) is 0. The highest BCUT2D eigenvalue weighted by Gasteiger charge is 2.07. The van der Waals surface area contributed by atoms with Crippen LogP contribution in [0.1, 0.15) is 0 Å². The summed E-state index contributed by atoms with van der Waals surface area (Å²) in [6.45, 7) is 0. The summed E-state index contributed by atoms with van der Waals surface area (Å²) in [5.74, 6) is 0. The smallest absolute Gasteiger partial charge is 0.101 e. The van der Waals surface area contributed by atoms with Crippen LogP contribution in [0.2, 0.25) is 4.34 Å². The summed E-state index contributed by atoms with van der Waals surface area (Å²) in [5.41, 5.74) is 14.8. The van der Waals surface area contributed by atoms with E-state index >= 15 is 0 Å². The van der Waals surface area contributed by atoms with Crippen molar-refractivity contribution in [2.45, 2.75) is 0 Å². The molecule has 0 radical (unpaired) electrons. The number of benzene rings is 1. The molecule has 0 amide bonds. The third-order valence-electron chi connectivity index (χ3n) is 1.99. The van der Waals surface area contributed by atoms with Crippen LogP contribution < -0.4 is 11.5 Å². The van der Waals surface area contributed by atoms with Crippen molar-refractivity contribution >= 4 is 59.1 Å². The number of hydrogen-bond donors (Lipinski definition) is 2. The molecule has 0 bridgehead atoms. The third kappa shape index (κ3) is 2.95. The lowest BCUT2D eigenvalue weighted by atomic mass is 10.1. The van der Waals surface area contributed by atoms with Crippen LogP contribution in [0.25, 0.3) is 11.1 Å². The highest BCUT2D eigenvalue weighted by molar-refractivity contribution is 7.15. The fourth-order valence-electron chi connectivity index (χ4n) is 1.29. The Morgan fingerprint density at radius 2 is 1.69 bits per heavy atom. The third-order valence-corrected chi connectivity index (χ3v) is 3.16. The maximum atomic E-state index is 6.02.